The van der Waals surface area contributed by atoms with Crippen LogP contribution in [0.4, 0.5) is 0 Å². The lowest BCUT2D eigenvalue weighted by molar-refractivity contribution is 0.291. The van der Waals surface area contributed by atoms with Crippen LogP contribution in [0.5, 0.6) is 5.75 Å². The van der Waals surface area contributed by atoms with E-state index in [0.29, 0.717) is 23.9 Å². The van der Waals surface area contributed by atoms with Gasteiger partial charge in [-0.3, -0.25) is 4.68 Å². The fourth-order valence-corrected chi connectivity index (χ4v) is 2.00. The van der Waals surface area contributed by atoms with Crippen molar-refractivity contribution in [3.05, 3.63) is 46.7 Å². The van der Waals surface area contributed by atoms with Crippen molar-refractivity contribution in [3.8, 4) is 5.75 Å². The van der Waals surface area contributed by atoms with Crippen LogP contribution in [0.25, 0.3) is 0 Å². The van der Waals surface area contributed by atoms with E-state index < -0.39 is 0 Å². The first-order valence-electron chi connectivity index (χ1n) is 5.36. The molecule has 6 heteroatoms. The Balaban J connectivity index is 1.96. The molecule has 2 aromatic rings. The predicted molar refractivity (Wildman–Crippen MR) is 77.8 cm³/mol. The minimum atomic E-state index is 0.340. The second-order valence-electron chi connectivity index (χ2n) is 3.63. The van der Waals surface area contributed by atoms with E-state index in [2.05, 4.69) is 21.0 Å². The van der Waals surface area contributed by atoms with Gasteiger partial charge in [0.25, 0.3) is 0 Å². The first kappa shape index (κ1) is 13.0. The van der Waals surface area contributed by atoms with Gasteiger partial charge >= 0.3 is 0 Å². The molecule has 0 saturated heterocycles. The highest BCUT2D eigenvalue weighted by Crippen LogP contribution is 2.17. The first-order chi connectivity index (χ1) is 8.66. The van der Waals surface area contributed by atoms with Gasteiger partial charge in [-0.1, -0.05) is 24.4 Å². The average molecular weight is 326 g/mol. The summed E-state index contributed by atoms with van der Waals surface area (Å²) in [6.45, 7) is 1.17. The van der Waals surface area contributed by atoms with Crippen LogP contribution in [0.15, 0.2) is 41.1 Å². The van der Waals surface area contributed by atoms with Crippen LogP contribution in [0.1, 0.15) is 5.56 Å². The van der Waals surface area contributed by atoms with Gasteiger partial charge in [-0.2, -0.15) is 5.10 Å². The van der Waals surface area contributed by atoms with Crippen LogP contribution in [-0.4, -0.2) is 21.4 Å². The normalized spacial score (nSPS) is 10.3. The van der Waals surface area contributed by atoms with Crippen molar-refractivity contribution in [2.75, 3.05) is 6.61 Å². The topological polar surface area (TPSA) is 53.1 Å². The van der Waals surface area contributed by atoms with Crippen molar-refractivity contribution in [2.24, 2.45) is 5.73 Å². The monoisotopic (exact) mass is 325 g/mol. The lowest BCUT2D eigenvalue weighted by Gasteiger charge is -2.10. The maximum atomic E-state index is 5.67. The van der Waals surface area contributed by atoms with E-state index >= 15 is 0 Å². The smallest absolute Gasteiger partial charge is 0.129 e. The molecule has 18 heavy (non-hydrogen) atoms. The highest BCUT2D eigenvalue weighted by molar-refractivity contribution is 9.10. The van der Waals surface area contributed by atoms with Crippen LogP contribution in [0, 0.1) is 0 Å². The number of nitrogens with zero attached hydrogens (tertiary/aromatic N) is 2. The molecule has 4 nitrogen and oxygen atoms in total. The zero-order chi connectivity index (χ0) is 13.0. The Hall–Kier alpha value is -1.40. The number of hydrogen-bond acceptors (Lipinski definition) is 3. The molecule has 1 heterocycles. The van der Waals surface area contributed by atoms with E-state index in [9.17, 15) is 0 Å². The third kappa shape index (κ3) is 3.30. The molecule has 1 aromatic heterocycles. The molecule has 0 atom stereocenters. The molecule has 0 amide bonds. The van der Waals surface area contributed by atoms with E-state index in [4.69, 9.17) is 22.7 Å². The van der Waals surface area contributed by atoms with E-state index in [0.717, 1.165) is 10.0 Å². The number of para-hydroxylation sites is 1. The molecule has 0 unspecified atom stereocenters. The van der Waals surface area contributed by atoms with Gasteiger partial charge in [0.1, 0.15) is 17.3 Å². The van der Waals surface area contributed by atoms with E-state index in [1.54, 1.807) is 10.9 Å². The van der Waals surface area contributed by atoms with Gasteiger partial charge in [-0.25, -0.2) is 0 Å². The number of ether oxygens (including phenoxy) is 1. The fourth-order valence-electron chi connectivity index (χ4n) is 1.51. The Labute approximate surface area is 119 Å². The molecular weight excluding hydrogens is 314 g/mol. The van der Waals surface area contributed by atoms with E-state index in [1.807, 2.05) is 30.5 Å². The van der Waals surface area contributed by atoms with Gasteiger partial charge in [0.2, 0.25) is 0 Å². The maximum Gasteiger partial charge on any atom is 0.129 e. The number of aromatic nitrogens is 2. The summed E-state index contributed by atoms with van der Waals surface area (Å²) in [4.78, 5) is 0.340. The van der Waals surface area contributed by atoms with Crippen molar-refractivity contribution in [1.82, 2.24) is 9.78 Å². The molecule has 1 aromatic carbocycles. The fraction of sp³-hybridized carbons (Fsp3) is 0.167. The summed E-state index contributed by atoms with van der Waals surface area (Å²) in [7, 11) is 0. The molecule has 0 saturated carbocycles. The van der Waals surface area contributed by atoms with Crippen LogP contribution in [0.3, 0.4) is 0 Å². The zero-order valence-corrected chi connectivity index (χ0v) is 11.9. The minimum absolute atomic E-state index is 0.340. The van der Waals surface area contributed by atoms with Crippen LogP contribution >= 0.6 is 28.1 Å². The molecule has 94 valence electrons. The molecule has 0 aliphatic carbocycles. The molecule has 0 spiro atoms. The summed E-state index contributed by atoms with van der Waals surface area (Å²) >= 11 is 8.31. The standard InChI is InChI=1S/C12H12BrN3OS/c13-9-7-15-16(8-9)5-6-17-11-4-2-1-3-10(11)12(14)18/h1-4,7-8H,5-6H2,(H2,14,18). The second-order valence-corrected chi connectivity index (χ2v) is 4.99. The Morgan fingerprint density at radius 3 is 2.89 bits per heavy atom. The van der Waals surface area contributed by atoms with Gasteiger partial charge in [0.05, 0.1) is 22.8 Å². The second kappa shape index (κ2) is 5.97. The molecule has 2 N–H and O–H groups in total. The average Bonchev–Trinajstić information content (AvgIpc) is 2.75. The Morgan fingerprint density at radius 1 is 1.44 bits per heavy atom. The summed E-state index contributed by atoms with van der Waals surface area (Å²) in [5.74, 6) is 0.705. The number of halogens is 1. The lowest BCUT2D eigenvalue weighted by Crippen LogP contribution is -2.14. The van der Waals surface area contributed by atoms with Crippen molar-refractivity contribution in [2.45, 2.75) is 6.54 Å². The van der Waals surface area contributed by atoms with Crippen molar-refractivity contribution in [3.63, 3.8) is 0 Å². The molecule has 0 radical (unpaired) electrons. The van der Waals surface area contributed by atoms with Crippen molar-refractivity contribution in [1.29, 1.82) is 0 Å². The Bertz CT molecular complexity index is 556. The summed E-state index contributed by atoms with van der Waals surface area (Å²) in [5.41, 5.74) is 6.39. The number of benzene rings is 1. The number of rotatable bonds is 5. The molecular formula is C12H12BrN3OS. The molecule has 0 aliphatic rings. The van der Waals surface area contributed by atoms with E-state index in [1.165, 1.54) is 0 Å². The lowest BCUT2D eigenvalue weighted by atomic mass is 10.2. The maximum absolute atomic E-state index is 5.67. The molecule has 0 fully saturated rings. The molecule has 0 bridgehead atoms. The number of thiocarbonyl (C=S) groups is 1. The van der Waals surface area contributed by atoms with Crippen LogP contribution < -0.4 is 10.5 Å². The third-order valence-electron chi connectivity index (χ3n) is 2.33. The van der Waals surface area contributed by atoms with Crippen molar-refractivity contribution < 1.29 is 4.74 Å². The van der Waals surface area contributed by atoms with Crippen LogP contribution in [0.2, 0.25) is 0 Å². The predicted octanol–water partition coefficient (Wildman–Crippen LogP) is 2.36. The van der Waals surface area contributed by atoms with Gasteiger partial charge < -0.3 is 10.5 Å². The van der Waals surface area contributed by atoms with Gasteiger partial charge in [-0.05, 0) is 28.1 Å². The van der Waals surface area contributed by atoms with Crippen molar-refractivity contribution >= 4 is 33.1 Å². The SMILES string of the molecule is NC(=S)c1ccccc1OCCn1cc(Br)cn1. The zero-order valence-electron chi connectivity index (χ0n) is 9.54. The number of nitrogens with two attached hydrogens (primary N) is 1. The number of hydrogen-bond donors (Lipinski definition) is 1. The largest absolute Gasteiger partial charge is 0.491 e. The summed E-state index contributed by atoms with van der Waals surface area (Å²) in [6, 6.07) is 7.48. The van der Waals surface area contributed by atoms with Gasteiger partial charge in [0.15, 0.2) is 0 Å². The van der Waals surface area contributed by atoms with E-state index in [-0.39, 0.29) is 0 Å². The highest BCUT2D eigenvalue weighted by Gasteiger charge is 2.05. The third-order valence-corrected chi connectivity index (χ3v) is 2.96. The van der Waals surface area contributed by atoms with Gasteiger partial charge in [-0.15, -0.1) is 0 Å². The van der Waals surface area contributed by atoms with Gasteiger partial charge in [0, 0.05) is 6.20 Å². The summed E-state index contributed by atoms with van der Waals surface area (Å²) < 4.78 is 8.42. The first-order valence-corrected chi connectivity index (χ1v) is 6.56. The highest BCUT2D eigenvalue weighted by atomic mass is 79.9. The van der Waals surface area contributed by atoms with Crippen LogP contribution in [-0.2, 0) is 6.54 Å². The summed E-state index contributed by atoms with van der Waals surface area (Å²) in [6.07, 6.45) is 3.63. The Morgan fingerprint density at radius 2 is 2.22 bits per heavy atom. The summed E-state index contributed by atoms with van der Waals surface area (Å²) in [5, 5.41) is 4.14. The minimum Gasteiger partial charge on any atom is -0.491 e. The molecule has 2 rings (SSSR count). The molecule has 0 aliphatic heterocycles. The Kier molecular flexibility index (Phi) is 4.33. The quantitative estimate of drug-likeness (QED) is 0.857.